The fraction of sp³-hybridized carbons (Fsp3) is 0.350. The zero-order chi connectivity index (χ0) is 19.1. The summed E-state index contributed by atoms with van der Waals surface area (Å²) in [7, 11) is 0. The van der Waals surface area contributed by atoms with E-state index >= 15 is 0 Å². The summed E-state index contributed by atoms with van der Waals surface area (Å²) in [6, 6.07) is 8.41. The number of benzene rings is 1. The van der Waals surface area contributed by atoms with Gasteiger partial charge in [0.1, 0.15) is 6.33 Å². The van der Waals surface area contributed by atoms with Crippen molar-refractivity contribution in [2.45, 2.75) is 44.8 Å². The van der Waals surface area contributed by atoms with Crippen molar-refractivity contribution in [3.63, 3.8) is 0 Å². The maximum absolute atomic E-state index is 12.8. The van der Waals surface area contributed by atoms with Crippen LogP contribution in [0, 0.1) is 20.8 Å². The molecule has 140 valence electrons. The van der Waals surface area contributed by atoms with Crippen LogP contribution in [-0.4, -0.2) is 30.9 Å². The Morgan fingerprint density at radius 3 is 2.74 bits per heavy atom. The van der Waals surface area contributed by atoms with Crippen molar-refractivity contribution >= 4 is 29.1 Å². The van der Waals surface area contributed by atoms with Crippen molar-refractivity contribution in [2.24, 2.45) is 0 Å². The number of hydrogen-bond donors (Lipinski definition) is 0. The van der Waals surface area contributed by atoms with E-state index in [0.29, 0.717) is 22.0 Å². The number of aryl methyl sites for hydroxylation is 2. The third kappa shape index (κ3) is 3.56. The standard InChI is InChI=1S/C20H21ClN4OS/c1-12-4-5-16(9-18(12)21)24-11-22-23-20(24)27-10-19(26)17-8-13(2)25(14(17)3)15-6-7-15/h4-5,8-9,11,15H,6-7,10H2,1-3H3. The molecule has 0 N–H and O–H groups in total. The van der Waals surface area contributed by atoms with E-state index in [9.17, 15) is 4.79 Å². The fourth-order valence-corrected chi connectivity index (χ4v) is 4.38. The van der Waals surface area contributed by atoms with Crippen molar-refractivity contribution in [3.8, 4) is 5.69 Å². The average Bonchev–Trinajstić information content (AvgIpc) is 3.27. The predicted octanol–water partition coefficient (Wildman–Crippen LogP) is 4.96. The number of nitrogens with zero attached hydrogens (tertiary/aromatic N) is 4. The summed E-state index contributed by atoms with van der Waals surface area (Å²) in [6.07, 6.45) is 4.06. The highest BCUT2D eigenvalue weighted by Gasteiger charge is 2.28. The van der Waals surface area contributed by atoms with E-state index < -0.39 is 0 Å². The van der Waals surface area contributed by atoms with Gasteiger partial charge in [-0.15, -0.1) is 10.2 Å². The molecule has 0 saturated heterocycles. The molecule has 2 heterocycles. The van der Waals surface area contributed by atoms with Gasteiger partial charge in [0.25, 0.3) is 0 Å². The Bertz CT molecular complexity index is 1020. The Morgan fingerprint density at radius 1 is 1.26 bits per heavy atom. The van der Waals surface area contributed by atoms with Gasteiger partial charge in [-0.25, -0.2) is 0 Å². The highest BCUT2D eigenvalue weighted by Crippen LogP contribution is 2.38. The normalized spacial score (nSPS) is 13.9. The van der Waals surface area contributed by atoms with Crippen molar-refractivity contribution < 1.29 is 4.79 Å². The van der Waals surface area contributed by atoms with Gasteiger partial charge in [0.15, 0.2) is 10.9 Å². The van der Waals surface area contributed by atoms with Crippen LogP contribution in [0.1, 0.15) is 46.2 Å². The number of thioether (sulfide) groups is 1. The highest BCUT2D eigenvalue weighted by atomic mass is 35.5. The molecule has 0 atom stereocenters. The Hall–Kier alpha value is -2.05. The molecule has 0 aliphatic heterocycles. The summed E-state index contributed by atoms with van der Waals surface area (Å²) in [5.74, 6) is 0.448. The number of carbonyl (C=O) groups is 1. The molecule has 7 heteroatoms. The zero-order valence-corrected chi connectivity index (χ0v) is 17.1. The lowest BCUT2D eigenvalue weighted by Gasteiger charge is -2.08. The summed E-state index contributed by atoms with van der Waals surface area (Å²) in [6.45, 7) is 6.08. The van der Waals surface area contributed by atoms with Crippen LogP contribution in [0.5, 0.6) is 0 Å². The molecule has 4 rings (SSSR count). The molecule has 0 radical (unpaired) electrons. The topological polar surface area (TPSA) is 52.7 Å². The third-order valence-electron chi connectivity index (χ3n) is 4.98. The minimum atomic E-state index is 0.122. The molecule has 0 spiro atoms. The van der Waals surface area contributed by atoms with E-state index in [1.165, 1.54) is 30.3 Å². The van der Waals surface area contributed by atoms with Gasteiger partial charge in [0.2, 0.25) is 0 Å². The first kappa shape index (κ1) is 18.3. The molecule has 1 aliphatic carbocycles. The van der Waals surface area contributed by atoms with Crippen LogP contribution in [-0.2, 0) is 0 Å². The third-order valence-corrected chi connectivity index (χ3v) is 6.33. The van der Waals surface area contributed by atoms with E-state index in [4.69, 9.17) is 11.6 Å². The van der Waals surface area contributed by atoms with Gasteiger partial charge in [-0.05, 0) is 57.4 Å². The maximum atomic E-state index is 12.8. The maximum Gasteiger partial charge on any atom is 0.196 e. The Kier molecular flexibility index (Phi) is 4.86. The number of aromatic nitrogens is 4. The first-order valence-electron chi connectivity index (χ1n) is 8.96. The molecule has 1 saturated carbocycles. The van der Waals surface area contributed by atoms with E-state index in [0.717, 1.165) is 22.5 Å². The average molecular weight is 401 g/mol. The van der Waals surface area contributed by atoms with Crippen LogP contribution in [0.15, 0.2) is 35.7 Å². The van der Waals surface area contributed by atoms with E-state index in [1.807, 2.05) is 42.7 Å². The van der Waals surface area contributed by atoms with E-state index in [2.05, 4.69) is 21.7 Å². The smallest absolute Gasteiger partial charge is 0.196 e. The van der Waals surface area contributed by atoms with Crippen molar-refractivity contribution in [1.82, 2.24) is 19.3 Å². The van der Waals surface area contributed by atoms with Gasteiger partial charge in [-0.3, -0.25) is 9.36 Å². The lowest BCUT2D eigenvalue weighted by Crippen LogP contribution is -2.06. The van der Waals surface area contributed by atoms with Crippen molar-refractivity contribution in [1.29, 1.82) is 0 Å². The van der Waals surface area contributed by atoms with Crippen LogP contribution >= 0.6 is 23.4 Å². The second-order valence-electron chi connectivity index (χ2n) is 7.01. The van der Waals surface area contributed by atoms with E-state index in [1.54, 1.807) is 6.33 Å². The fourth-order valence-electron chi connectivity index (χ4n) is 3.39. The predicted molar refractivity (Wildman–Crippen MR) is 108 cm³/mol. The molecule has 3 aromatic rings. The molecular formula is C20H21ClN4OS. The molecule has 0 unspecified atom stereocenters. The summed E-state index contributed by atoms with van der Waals surface area (Å²) < 4.78 is 4.16. The van der Waals surface area contributed by atoms with Crippen LogP contribution < -0.4 is 0 Å². The monoisotopic (exact) mass is 400 g/mol. The molecule has 1 aromatic carbocycles. The molecule has 0 amide bonds. The van der Waals surface area contributed by atoms with Crippen molar-refractivity contribution in [2.75, 3.05) is 5.75 Å². The number of rotatable bonds is 6. The van der Waals surface area contributed by atoms with Gasteiger partial charge in [-0.2, -0.15) is 0 Å². The minimum Gasteiger partial charge on any atom is -0.345 e. The Morgan fingerprint density at radius 2 is 2.04 bits per heavy atom. The SMILES string of the molecule is Cc1ccc(-n2cnnc2SCC(=O)c2cc(C)n(C3CC3)c2C)cc1Cl. The number of Topliss-reactive ketones (excluding diaryl/α,β-unsaturated/α-hetero) is 1. The lowest BCUT2D eigenvalue weighted by molar-refractivity contribution is 0.102. The van der Waals surface area contributed by atoms with Gasteiger partial charge >= 0.3 is 0 Å². The summed E-state index contributed by atoms with van der Waals surface area (Å²) >= 11 is 7.64. The summed E-state index contributed by atoms with van der Waals surface area (Å²) in [4.78, 5) is 12.8. The molecule has 27 heavy (non-hydrogen) atoms. The molecule has 5 nitrogen and oxygen atoms in total. The Labute approximate surface area is 167 Å². The number of carbonyl (C=O) groups excluding carboxylic acids is 1. The van der Waals surface area contributed by atoms with Gasteiger partial charge < -0.3 is 4.57 Å². The quantitative estimate of drug-likeness (QED) is 0.433. The molecule has 0 bridgehead atoms. The highest BCUT2D eigenvalue weighted by molar-refractivity contribution is 7.99. The minimum absolute atomic E-state index is 0.122. The van der Waals surface area contributed by atoms with Crippen LogP contribution in [0.2, 0.25) is 5.02 Å². The molecule has 1 fully saturated rings. The van der Waals surface area contributed by atoms with E-state index in [-0.39, 0.29) is 5.78 Å². The number of halogens is 1. The van der Waals surface area contributed by atoms with Crippen LogP contribution in [0.4, 0.5) is 0 Å². The lowest BCUT2D eigenvalue weighted by atomic mass is 10.2. The van der Waals surface area contributed by atoms with Gasteiger partial charge in [-0.1, -0.05) is 29.4 Å². The first-order chi connectivity index (χ1) is 13.0. The molecule has 2 aromatic heterocycles. The summed E-state index contributed by atoms with van der Waals surface area (Å²) in [5.41, 5.74) is 4.96. The molecule has 1 aliphatic rings. The second kappa shape index (κ2) is 7.17. The molecular weight excluding hydrogens is 380 g/mol. The first-order valence-corrected chi connectivity index (χ1v) is 10.3. The Balaban J connectivity index is 1.51. The van der Waals surface area contributed by atoms with Crippen LogP contribution in [0.25, 0.3) is 5.69 Å². The van der Waals surface area contributed by atoms with Gasteiger partial charge in [0.05, 0.1) is 11.4 Å². The van der Waals surface area contributed by atoms with Gasteiger partial charge in [0, 0.05) is 28.0 Å². The van der Waals surface area contributed by atoms with Crippen molar-refractivity contribution in [3.05, 3.63) is 58.1 Å². The second-order valence-corrected chi connectivity index (χ2v) is 8.36. The largest absolute Gasteiger partial charge is 0.345 e. The van der Waals surface area contributed by atoms with Crippen LogP contribution in [0.3, 0.4) is 0 Å². The number of hydrogen-bond acceptors (Lipinski definition) is 4. The zero-order valence-electron chi connectivity index (χ0n) is 15.6. The number of ketones is 1. The summed E-state index contributed by atoms with van der Waals surface area (Å²) in [5, 5.41) is 9.55.